The first-order valence-corrected chi connectivity index (χ1v) is 9.25. The van der Waals surface area contributed by atoms with E-state index in [1.54, 1.807) is 30.6 Å². The lowest BCUT2D eigenvalue weighted by Crippen LogP contribution is -2.20. The third-order valence-electron chi connectivity index (χ3n) is 4.37. The number of ether oxygens (including phenoxy) is 1. The van der Waals surface area contributed by atoms with E-state index in [9.17, 15) is 13.6 Å². The molecular weight excluding hydrogens is 388 g/mol. The van der Waals surface area contributed by atoms with E-state index in [1.807, 2.05) is 48.3 Å². The Morgan fingerprint density at radius 2 is 1.67 bits per heavy atom. The first-order chi connectivity index (χ1) is 14.5. The molecule has 0 bridgehead atoms. The molecule has 1 amide bonds. The van der Waals surface area contributed by atoms with Crippen molar-refractivity contribution in [3.63, 3.8) is 0 Å². The lowest BCUT2D eigenvalue weighted by atomic mass is 10.2. The van der Waals surface area contributed by atoms with Crippen LogP contribution in [0.2, 0.25) is 0 Å². The molecule has 1 aromatic heterocycles. The highest BCUT2D eigenvalue weighted by Gasteiger charge is 2.05. The zero-order valence-corrected chi connectivity index (χ0v) is 16.3. The van der Waals surface area contributed by atoms with E-state index in [1.165, 1.54) is 18.2 Å². The fourth-order valence-corrected chi connectivity index (χ4v) is 2.73. The van der Waals surface area contributed by atoms with Gasteiger partial charge in [-0.05, 0) is 53.6 Å². The molecule has 0 aliphatic rings. The number of benzene rings is 2. The molecule has 0 unspecified atom stereocenters. The van der Waals surface area contributed by atoms with Gasteiger partial charge >= 0.3 is 6.61 Å². The van der Waals surface area contributed by atoms with Gasteiger partial charge in [0.1, 0.15) is 5.75 Å². The van der Waals surface area contributed by atoms with E-state index < -0.39 is 6.61 Å². The minimum Gasteiger partial charge on any atom is -0.435 e. The number of anilines is 2. The van der Waals surface area contributed by atoms with Crippen LogP contribution in [0.4, 0.5) is 20.2 Å². The average Bonchev–Trinajstić information content (AvgIpc) is 2.77. The van der Waals surface area contributed by atoms with Crippen LogP contribution >= 0.6 is 0 Å². The maximum atomic E-state index is 12.1. The predicted molar refractivity (Wildman–Crippen MR) is 113 cm³/mol. The Bertz CT molecular complexity index is 976. The molecule has 1 N–H and O–H groups in total. The van der Waals surface area contributed by atoms with Gasteiger partial charge in [-0.25, -0.2) is 0 Å². The first kappa shape index (κ1) is 21.0. The second-order valence-corrected chi connectivity index (χ2v) is 6.43. The monoisotopic (exact) mass is 409 g/mol. The number of pyridine rings is 1. The molecule has 0 fully saturated rings. The van der Waals surface area contributed by atoms with Gasteiger partial charge in [0.05, 0.1) is 0 Å². The van der Waals surface area contributed by atoms with Crippen molar-refractivity contribution in [2.45, 2.75) is 13.2 Å². The van der Waals surface area contributed by atoms with Crippen LogP contribution in [0.3, 0.4) is 0 Å². The van der Waals surface area contributed by atoms with Gasteiger partial charge in [0.2, 0.25) is 5.91 Å². The van der Waals surface area contributed by atoms with E-state index in [4.69, 9.17) is 0 Å². The largest absolute Gasteiger partial charge is 0.435 e. The molecule has 1 heterocycles. The number of aromatic nitrogens is 1. The number of nitrogens with zero attached hydrogens (tertiary/aromatic N) is 2. The van der Waals surface area contributed by atoms with E-state index >= 15 is 0 Å². The number of hydrogen-bond acceptors (Lipinski definition) is 4. The fraction of sp³-hybridized carbons (Fsp3) is 0.130. The number of amides is 1. The normalized spacial score (nSPS) is 10.9. The molecule has 0 atom stereocenters. The summed E-state index contributed by atoms with van der Waals surface area (Å²) in [6, 6.07) is 17.8. The molecule has 0 saturated heterocycles. The lowest BCUT2D eigenvalue weighted by Gasteiger charge is -2.19. The van der Waals surface area contributed by atoms with Crippen molar-refractivity contribution >= 4 is 23.4 Å². The van der Waals surface area contributed by atoms with Gasteiger partial charge in [-0.2, -0.15) is 8.78 Å². The molecular formula is C23H21F2N3O2. The van der Waals surface area contributed by atoms with Gasteiger partial charge in [0, 0.05) is 43.4 Å². The summed E-state index contributed by atoms with van der Waals surface area (Å²) in [4.78, 5) is 18.1. The Kier molecular flexibility index (Phi) is 7.10. The minimum absolute atomic E-state index is 0.0737. The Morgan fingerprint density at radius 1 is 1.03 bits per heavy atom. The quantitative estimate of drug-likeness (QED) is 0.544. The van der Waals surface area contributed by atoms with Gasteiger partial charge in [-0.15, -0.1) is 0 Å². The maximum Gasteiger partial charge on any atom is 0.387 e. The van der Waals surface area contributed by atoms with E-state index in [0.29, 0.717) is 12.1 Å². The highest BCUT2D eigenvalue weighted by atomic mass is 19.3. The second-order valence-electron chi connectivity index (χ2n) is 6.43. The summed E-state index contributed by atoms with van der Waals surface area (Å²) in [5.74, 6) is -0.175. The number of hydrogen-bond donors (Lipinski definition) is 1. The summed E-state index contributed by atoms with van der Waals surface area (Å²) < 4.78 is 28.6. The smallest absolute Gasteiger partial charge is 0.387 e. The SMILES string of the molecule is CN(c1ccncc1)c1ccc(CNC(=O)C=Cc2ccc(OC(F)F)cc2)cc1. The van der Waals surface area contributed by atoms with Gasteiger partial charge in [0.25, 0.3) is 0 Å². The van der Waals surface area contributed by atoms with Crippen LogP contribution in [-0.2, 0) is 11.3 Å². The predicted octanol–water partition coefficient (Wildman–Crippen LogP) is 4.78. The standard InChI is InChI=1S/C23H21F2N3O2/c1-28(20-12-14-26-15-13-20)19-7-2-18(3-8-19)16-27-22(29)11-6-17-4-9-21(10-5-17)30-23(24)25/h2-15,23H,16H2,1H3,(H,27,29). The summed E-state index contributed by atoms with van der Waals surface area (Å²) >= 11 is 0. The van der Waals surface area contributed by atoms with Gasteiger partial charge in [-0.3, -0.25) is 9.78 Å². The van der Waals surface area contributed by atoms with Crippen LogP contribution in [0.1, 0.15) is 11.1 Å². The van der Waals surface area contributed by atoms with Gasteiger partial charge < -0.3 is 15.0 Å². The molecule has 154 valence electrons. The average molecular weight is 409 g/mol. The first-order valence-electron chi connectivity index (χ1n) is 9.25. The molecule has 30 heavy (non-hydrogen) atoms. The third-order valence-corrected chi connectivity index (χ3v) is 4.37. The van der Waals surface area contributed by atoms with Crippen LogP contribution in [-0.4, -0.2) is 24.6 Å². The van der Waals surface area contributed by atoms with Gasteiger partial charge in [-0.1, -0.05) is 24.3 Å². The van der Waals surface area contributed by atoms with Crippen LogP contribution in [0.5, 0.6) is 5.75 Å². The van der Waals surface area contributed by atoms with E-state index in [2.05, 4.69) is 15.0 Å². The number of alkyl halides is 2. The van der Waals surface area contributed by atoms with Crippen molar-refractivity contribution in [2.24, 2.45) is 0 Å². The van der Waals surface area contributed by atoms with E-state index in [0.717, 1.165) is 16.9 Å². The number of carbonyl (C=O) groups is 1. The molecule has 0 aliphatic carbocycles. The van der Waals surface area contributed by atoms with Crippen LogP contribution in [0, 0.1) is 0 Å². The molecule has 7 heteroatoms. The number of carbonyl (C=O) groups excluding carboxylic acids is 1. The zero-order chi connectivity index (χ0) is 21.3. The summed E-state index contributed by atoms with van der Waals surface area (Å²) in [6.45, 7) is -2.47. The maximum absolute atomic E-state index is 12.1. The van der Waals surface area contributed by atoms with Crippen molar-refractivity contribution in [1.29, 1.82) is 0 Å². The summed E-state index contributed by atoms with van der Waals surface area (Å²) in [6.07, 6.45) is 6.49. The molecule has 0 saturated carbocycles. The molecule has 0 aliphatic heterocycles. The minimum atomic E-state index is -2.86. The molecule has 0 spiro atoms. The number of rotatable bonds is 8. The third kappa shape index (κ3) is 6.13. The Labute approximate surface area is 173 Å². The Hall–Kier alpha value is -3.74. The van der Waals surface area contributed by atoms with Crippen molar-refractivity contribution in [3.8, 4) is 5.75 Å². The topological polar surface area (TPSA) is 54.5 Å². The van der Waals surface area contributed by atoms with Crippen molar-refractivity contribution in [1.82, 2.24) is 10.3 Å². The lowest BCUT2D eigenvalue weighted by molar-refractivity contribution is -0.116. The zero-order valence-electron chi connectivity index (χ0n) is 16.3. The summed E-state index contributed by atoms with van der Waals surface area (Å²) in [7, 11) is 1.98. The molecule has 3 aromatic rings. The van der Waals surface area contributed by atoms with Gasteiger partial charge in [0.15, 0.2) is 0 Å². The van der Waals surface area contributed by atoms with Crippen LogP contribution in [0.15, 0.2) is 79.1 Å². The van der Waals surface area contributed by atoms with Crippen molar-refractivity contribution in [3.05, 3.63) is 90.3 Å². The second kappa shape index (κ2) is 10.2. The molecule has 0 radical (unpaired) electrons. The van der Waals surface area contributed by atoms with Crippen molar-refractivity contribution < 1.29 is 18.3 Å². The Morgan fingerprint density at radius 3 is 2.30 bits per heavy atom. The highest BCUT2D eigenvalue weighted by Crippen LogP contribution is 2.22. The fourth-order valence-electron chi connectivity index (χ4n) is 2.73. The number of halogens is 2. The summed E-state index contributed by atoms with van der Waals surface area (Å²) in [5.41, 5.74) is 3.73. The molecule has 2 aromatic carbocycles. The van der Waals surface area contributed by atoms with Crippen LogP contribution < -0.4 is 15.0 Å². The Balaban J connectivity index is 1.50. The van der Waals surface area contributed by atoms with Crippen molar-refractivity contribution in [2.75, 3.05) is 11.9 Å². The molecule has 5 nitrogen and oxygen atoms in total. The van der Waals surface area contributed by atoms with Crippen LogP contribution in [0.25, 0.3) is 6.08 Å². The number of nitrogens with one attached hydrogen (secondary N) is 1. The summed E-state index contributed by atoms with van der Waals surface area (Å²) in [5, 5.41) is 2.82. The highest BCUT2D eigenvalue weighted by molar-refractivity contribution is 5.91. The van der Waals surface area contributed by atoms with E-state index in [-0.39, 0.29) is 11.7 Å². The molecule has 3 rings (SSSR count).